The van der Waals surface area contributed by atoms with Crippen molar-refractivity contribution >= 4 is 47.2 Å². The van der Waals surface area contributed by atoms with Gasteiger partial charge in [0.05, 0.1) is 0 Å². The summed E-state index contributed by atoms with van der Waals surface area (Å²) >= 11 is 1.89. The molecule has 18 heteroatoms. The fourth-order valence-corrected chi connectivity index (χ4v) is 8.06. The zero-order valence-corrected chi connectivity index (χ0v) is 31.0. The summed E-state index contributed by atoms with van der Waals surface area (Å²) < 4.78 is 40.0. The van der Waals surface area contributed by atoms with Gasteiger partial charge in [0.15, 0.2) is 0 Å². The molecule has 292 valence electrons. The Hall–Kier alpha value is -4.22. The second-order valence-electron chi connectivity index (χ2n) is 15.0. The molecule has 1 aromatic carbocycles. The Morgan fingerprint density at radius 3 is 2.28 bits per heavy atom. The number of hydrogen-bond donors (Lipinski definition) is 6. The largest absolute Gasteiger partial charge is 0.442 e. The van der Waals surface area contributed by atoms with Crippen molar-refractivity contribution in [1.29, 1.82) is 0 Å². The number of amides is 6. The molecular weight excluding hydrogens is 717 g/mol. The highest BCUT2D eigenvalue weighted by atomic mass is 32.2. The highest BCUT2D eigenvalue weighted by Crippen LogP contribution is 2.52. The van der Waals surface area contributed by atoms with Gasteiger partial charge in [-0.3, -0.25) is 28.8 Å². The molecule has 2 saturated heterocycles. The standard InChI is InChI=1S/C35H49F3N8O6S/c1-33(2,3)17-28(49)42-24(18-41-31(51)20-11-13-22(14-12-20)34(45-46-34)35(36,37)38)32(52)43-23(30(39)50)8-6-7-15-40-26(47)10-5-4-9-25-29-21(19-53-25)16-27(48)44-29/h11-14,21,23-25,29H,4-10,15-19H2,1-3H3,(H2,39,50)(H,40,47)(H,41,51)(H,42,49)(H,43,52)(H,44,48). The monoisotopic (exact) mass is 766 g/mol. The summed E-state index contributed by atoms with van der Waals surface area (Å²) in [6, 6.07) is 2.35. The molecule has 0 aliphatic carbocycles. The normalized spacial score (nSPS) is 21.2. The average Bonchev–Trinajstić information content (AvgIpc) is 3.71. The van der Waals surface area contributed by atoms with Crippen molar-refractivity contribution in [3.05, 3.63) is 35.4 Å². The quantitative estimate of drug-likeness (QED) is 0.116. The zero-order chi connectivity index (χ0) is 39.0. The first-order chi connectivity index (χ1) is 24.9. The van der Waals surface area contributed by atoms with Crippen LogP contribution in [0.2, 0.25) is 0 Å². The molecule has 3 heterocycles. The summed E-state index contributed by atoms with van der Waals surface area (Å²) in [5, 5.41) is 20.3. The van der Waals surface area contributed by atoms with Crippen molar-refractivity contribution in [2.24, 2.45) is 27.3 Å². The third-order valence-electron chi connectivity index (χ3n) is 9.31. The highest BCUT2D eigenvalue weighted by Gasteiger charge is 2.65. The van der Waals surface area contributed by atoms with Crippen LogP contribution in [0.15, 0.2) is 34.5 Å². The Balaban J connectivity index is 1.21. The maximum Gasteiger partial charge on any atom is 0.442 e. The topological polar surface area (TPSA) is 213 Å². The Morgan fingerprint density at radius 2 is 1.66 bits per heavy atom. The van der Waals surface area contributed by atoms with Gasteiger partial charge in [0.1, 0.15) is 12.1 Å². The van der Waals surface area contributed by atoms with Crippen molar-refractivity contribution < 1.29 is 41.9 Å². The lowest BCUT2D eigenvalue weighted by molar-refractivity contribution is -0.166. The minimum absolute atomic E-state index is 0.00419. The molecule has 0 radical (unpaired) electrons. The van der Waals surface area contributed by atoms with Crippen molar-refractivity contribution in [2.75, 3.05) is 18.8 Å². The minimum atomic E-state index is -4.72. The van der Waals surface area contributed by atoms with Crippen LogP contribution in [0.4, 0.5) is 13.2 Å². The molecule has 0 bridgehead atoms. The van der Waals surface area contributed by atoms with Gasteiger partial charge in [-0.2, -0.15) is 24.9 Å². The van der Waals surface area contributed by atoms with E-state index in [9.17, 15) is 41.9 Å². The molecule has 3 aliphatic rings. The Bertz CT molecular complexity index is 1550. The van der Waals surface area contributed by atoms with Crippen molar-refractivity contribution in [3.8, 4) is 0 Å². The molecule has 1 aromatic rings. The first kappa shape index (κ1) is 41.5. The average molecular weight is 767 g/mol. The van der Waals surface area contributed by atoms with Crippen molar-refractivity contribution in [2.45, 2.75) is 114 Å². The van der Waals surface area contributed by atoms with Crippen LogP contribution in [0.3, 0.4) is 0 Å². The van der Waals surface area contributed by atoms with Gasteiger partial charge in [-0.1, -0.05) is 39.3 Å². The SMILES string of the molecule is CC(C)(C)CC(=O)NC(CNC(=O)c1ccc(C2(C(F)(F)F)N=N2)cc1)C(=O)NC(CCCCNC(=O)CCCCC1SCC2CC(=O)NC21)C(N)=O. The third-order valence-corrected chi connectivity index (χ3v) is 10.9. The van der Waals surface area contributed by atoms with E-state index >= 15 is 0 Å². The smallest absolute Gasteiger partial charge is 0.368 e. The van der Waals surface area contributed by atoms with Gasteiger partial charge >= 0.3 is 11.8 Å². The lowest BCUT2D eigenvalue weighted by Gasteiger charge is -2.24. The van der Waals surface area contributed by atoms with E-state index < -0.39 is 59.5 Å². The lowest BCUT2D eigenvalue weighted by Crippen LogP contribution is -2.56. The second-order valence-corrected chi connectivity index (χ2v) is 16.3. The van der Waals surface area contributed by atoms with Crippen LogP contribution in [0.25, 0.3) is 0 Å². The van der Waals surface area contributed by atoms with E-state index in [0.29, 0.717) is 43.4 Å². The third kappa shape index (κ3) is 11.9. The molecule has 3 aliphatic heterocycles. The highest BCUT2D eigenvalue weighted by molar-refractivity contribution is 8.00. The van der Waals surface area contributed by atoms with Crippen molar-refractivity contribution in [1.82, 2.24) is 26.6 Å². The van der Waals surface area contributed by atoms with E-state index in [1.807, 2.05) is 32.5 Å². The number of nitrogens with two attached hydrogens (primary N) is 1. The maximum atomic E-state index is 13.3. The van der Waals surface area contributed by atoms with E-state index in [4.69, 9.17) is 5.73 Å². The molecule has 5 unspecified atom stereocenters. The van der Waals surface area contributed by atoms with Gasteiger partial charge in [-0.25, -0.2) is 0 Å². The molecule has 14 nitrogen and oxygen atoms in total. The minimum Gasteiger partial charge on any atom is -0.368 e. The van der Waals surface area contributed by atoms with E-state index in [0.717, 1.165) is 37.1 Å². The van der Waals surface area contributed by atoms with E-state index in [-0.39, 0.29) is 41.8 Å². The van der Waals surface area contributed by atoms with Gasteiger partial charge in [0, 0.05) is 54.8 Å². The van der Waals surface area contributed by atoms with Crippen molar-refractivity contribution in [3.63, 3.8) is 0 Å². The number of carbonyl (C=O) groups excluding carboxylic acids is 6. The predicted molar refractivity (Wildman–Crippen MR) is 190 cm³/mol. The number of unbranched alkanes of at least 4 members (excludes halogenated alkanes) is 2. The van der Waals surface area contributed by atoms with Crippen LogP contribution >= 0.6 is 11.8 Å². The number of alkyl halides is 3. The number of nitrogens with one attached hydrogen (secondary N) is 5. The number of halogens is 3. The van der Waals surface area contributed by atoms with Crippen LogP contribution in [-0.4, -0.2) is 83.8 Å². The fourth-order valence-electron chi connectivity index (χ4n) is 6.41. The first-order valence-electron chi connectivity index (χ1n) is 17.8. The summed E-state index contributed by atoms with van der Waals surface area (Å²) in [5.74, 6) is -1.32. The first-order valence-corrected chi connectivity index (χ1v) is 18.9. The molecule has 2 fully saturated rings. The maximum absolute atomic E-state index is 13.3. The summed E-state index contributed by atoms with van der Waals surface area (Å²) in [6.45, 7) is 5.45. The molecule has 7 N–H and O–H groups in total. The van der Waals surface area contributed by atoms with E-state index in [1.54, 1.807) is 0 Å². The molecule has 0 spiro atoms. The number of nitrogens with zero attached hydrogens (tertiary/aromatic N) is 2. The molecule has 5 atom stereocenters. The van der Waals surface area contributed by atoms with Gasteiger partial charge < -0.3 is 32.3 Å². The molecule has 6 amide bonds. The summed E-state index contributed by atoms with van der Waals surface area (Å²) in [4.78, 5) is 75.2. The summed E-state index contributed by atoms with van der Waals surface area (Å²) in [6.07, 6.45) is -0.00405. The lowest BCUT2D eigenvalue weighted by atomic mass is 9.92. The number of fused-ring (bicyclic) bond motifs is 1. The molecule has 0 saturated carbocycles. The zero-order valence-electron chi connectivity index (χ0n) is 30.1. The number of hydrogen-bond acceptors (Lipinski definition) is 9. The van der Waals surface area contributed by atoms with Crippen LogP contribution in [0.1, 0.15) is 94.5 Å². The number of carbonyl (C=O) groups is 6. The summed E-state index contributed by atoms with van der Waals surface area (Å²) in [5.41, 5.74) is 2.25. The number of primary amides is 1. The fraction of sp³-hybridized carbons (Fsp3) is 0.657. The van der Waals surface area contributed by atoms with Gasteiger partial charge in [0.2, 0.25) is 29.5 Å². The number of rotatable bonds is 19. The second kappa shape index (κ2) is 17.7. The van der Waals surface area contributed by atoms with Crippen LogP contribution < -0.4 is 32.3 Å². The Kier molecular flexibility index (Phi) is 13.9. The molecular formula is C35H49F3N8O6S. The number of thioether (sulfide) groups is 1. The van der Waals surface area contributed by atoms with Gasteiger partial charge in [-0.15, -0.1) is 10.2 Å². The molecule has 53 heavy (non-hydrogen) atoms. The van der Waals surface area contributed by atoms with Crippen LogP contribution in [0, 0.1) is 11.3 Å². The van der Waals surface area contributed by atoms with Crippen LogP contribution in [0.5, 0.6) is 0 Å². The number of benzene rings is 1. The van der Waals surface area contributed by atoms with E-state index in [2.05, 4.69) is 36.8 Å². The van der Waals surface area contributed by atoms with Gasteiger partial charge in [0.25, 0.3) is 5.91 Å². The predicted octanol–water partition coefficient (Wildman–Crippen LogP) is 2.96. The van der Waals surface area contributed by atoms with Crippen LogP contribution in [-0.2, 0) is 29.6 Å². The summed E-state index contributed by atoms with van der Waals surface area (Å²) in [7, 11) is 0. The van der Waals surface area contributed by atoms with E-state index in [1.165, 1.54) is 12.1 Å². The molecule has 0 aromatic heterocycles. The molecule has 4 rings (SSSR count). The Morgan fingerprint density at radius 1 is 0.962 bits per heavy atom. The Labute approximate surface area is 310 Å². The van der Waals surface area contributed by atoms with Gasteiger partial charge in [-0.05, 0) is 61.3 Å².